The number of rotatable bonds is 7. The van der Waals surface area contributed by atoms with Gasteiger partial charge in [0.2, 0.25) is 0 Å². The quantitative estimate of drug-likeness (QED) is 0.509. The van der Waals surface area contributed by atoms with Crippen LogP contribution in [0.25, 0.3) is 0 Å². The zero-order valence-corrected chi connectivity index (χ0v) is 15.3. The van der Waals surface area contributed by atoms with Crippen molar-refractivity contribution in [2.45, 2.75) is 32.1 Å². The van der Waals surface area contributed by atoms with Crippen LogP contribution in [0.15, 0.2) is 60.7 Å². The predicted octanol–water partition coefficient (Wildman–Crippen LogP) is 5.23. The Labute approximate surface area is 143 Å². The number of nitrogens with zero attached hydrogens (tertiary/aromatic N) is 1. The van der Waals surface area contributed by atoms with E-state index in [0.29, 0.717) is 13.2 Å². The van der Waals surface area contributed by atoms with Gasteiger partial charge in [-0.05, 0) is 38.5 Å². The van der Waals surface area contributed by atoms with Crippen LogP contribution in [0.3, 0.4) is 0 Å². The fraction of sp³-hybridized carbons (Fsp3) is 0.368. The molecule has 0 N–H and O–H groups in total. The molecule has 0 aromatic heterocycles. The van der Waals surface area contributed by atoms with E-state index in [1.165, 1.54) is 0 Å². The van der Waals surface area contributed by atoms with Crippen LogP contribution in [0.5, 0.6) is 0 Å². The molecule has 0 unspecified atom stereocenters. The summed E-state index contributed by atoms with van der Waals surface area (Å²) in [4.78, 5) is 2.15. The molecule has 3 rings (SSSR count). The second-order valence-corrected chi connectivity index (χ2v) is 8.36. The Balaban J connectivity index is 2.07. The summed E-state index contributed by atoms with van der Waals surface area (Å²) in [5.41, 5.74) is 2.14. The molecule has 5 heteroatoms. The largest absolute Gasteiger partial charge is 0.358 e. The summed E-state index contributed by atoms with van der Waals surface area (Å²) in [6.45, 7) is 6.39. The topological polar surface area (TPSA) is 38.5 Å². The molecule has 24 heavy (non-hydrogen) atoms. The van der Waals surface area contributed by atoms with Gasteiger partial charge in [-0.15, -0.1) is 0 Å². The molecule has 128 valence electrons. The van der Waals surface area contributed by atoms with Crippen molar-refractivity contribution in [1.29, 1.82) is 0 Å². The van der Waals surface area contributed by atoms with E-state index in [4.69, 9.17) is 9.05 Å². The van der Waals surface area contributed by atoms with Crippen LogP contribution in [0.4, 0.5) is 5.69 Å². The minimum atomic E-state index is -3.31. The molecule has 0 aliphatic carbocycles. The van der Waals surface area contributed by atoms with Gasteiger partial charge in [-0.25, -0.2) is 0 Å². The van der Waals surface area contributed by atoms with E-state index in [1.54, 1.807) is 0 Å². The first kappa shape index (κ1) is 17.2. The van der Waals surface area contributed by atoms with Crippen molar-refractivity contribution in [2.24, 2.45) is 0 Å². The third-order valence-corrected chi connectivity index (χ3v) is 7.26. The van der Waals surface area contributed by atoms with Gasteiger partial charge in [0.25, 0.3) is 0 Å². The second kappa shape index (κ2) is 6.72. The van der Waals surface area contributed by atoms with Crippen molar-refractivity contribution in [3.63, 3.8) is 0 Å². The van der Waals surface area contributed by atoms with Gasteiger partial charge in [-0.2, -0.15) is 0 Å². The Morgan fingerprint density at radius 1 is 0.958 bits per heavy atom. The van der Waals surface area contributed by atoms with Crippen LogP contribution in [-0.2, 0) is 13.6 Å². The smallest absolute Gasteiger partial charge is 0.343 e. The van der Waals surface area contributed by atoms with Crippen molar-refractivity contribution in [3.05, 3.63) is 66.2 Å². The van der Waals surface area contributed by atoms with Gasteiger partial charge in [0.1, 0.15) is 0 Å². The monoisotopic (exact) mass is 345 g/mol. The Morgan fingerprint density at radius 2 is 1.46 bits per heavy atom. The number of hydrogen-bond donors (Lipinski definition) is 0. The maximum absolute atomic E-state index is 13.6. The lowest BCUT2D eigenvalue weighted by molar-refractivity contribution is 0.210. The molecule has 0 spiro atoms. The molecule has 1 aliphatic rings. The summed E-state index contributed by atoms with van der Waals surface area (Å²) < 4.78 is 25.0. The molecule has 0 saturated carbocycles. The van der Waals surface area contributed by atoms with Crippen molar-refractivity contribution in [1.82, 2.24) is 0 Å². The minimum absolute atomic E-state index is 0.0370. The lowest BCUT2D eigenvalue weighted by Gasteiger charge is -2.24. The van der Waals surface area contributed by atoms with Gasteiger partial charge >= 0.3 is 7.60 Å². The zero-order valence-electron chi connectivity index (χ0n) is 14.4. The van der Waals surface area contributed by atoms with Crippen LogP contribution < -0.4 is 4.90 Å². The van der Waals surface area contributed by atoms with Gasteiger partial charge in [0, 0.05) is 5.69 Å². The first-order chi connectivity index (χ1) is 11.6. The predicted molar refractivity (Wildman–Crippen MR) is 97.4 cm³/mol. The third-order valence-electron chi connectivity index (χ3n) is 4.50. The Morgan fingerprint density at radius 3 is 1.96 bits per heavy atom. The SMILES string of the molecule is CCOP(=O)(OCC)[C@]1(C)[C@@H](c2ccccc2)N1c1ccccc1. The average molecular weight is 345 g/mol. The van der Waals surface area contributed by atoms with Crippen LogP contribution in [-0.4, -0.2) is 18.5 Å². The Bertz CT molecular complexity index is 664. The van der Waals surface area contributed by atoms with Gasteiger partial charge in [0.05, 0.1) is 19.3 Å². The van der Waals surface area contributed by atoms with E-state index < -0.39 is 12.9 Å². The van der Waals surface area contributed by atoms with Gasteiger partial charge in [-0.1, -0.05) is 48.5 Å². The van der Waals surface area contributed by atoms with E-state index in [2.05, 4.69) is 17.0 Å². The van der Waals surface area contributed by atoms with Gasteiger partial charge in [-0.3, -0.25) is 4.57 Å². The Kier molecular flexibility index (Phi) is 4.82. The molecule has 1 aliphatic heterocycles. The maximum atomic E-state index is 13.6. The van der Waals surface area contributed by atoms with Crippen molar-refractivity contribution >= 4 is 13.3 Å². The normalized spacial score (nSPS) is 23.3. The molecular formula is C19H24NO3P. The standard InChI is InChI=1S/C19H24NO3P/c1-4-22-24(21,23-5-2)19(3)18(16-12-8-6-9-13-16)20(19)17-14-10-7-11-15-17/h6-15,18H,4-5H2,1-3H3/t18-,19-,20?/m1/s1. The molecular weight excluding hydrogens is 321 g/mol. The van der Waals surface area contributed by atoms with Crippen molar-refractivity contribution in [2.75, 3.05) is 18.1 Å². The molecule has 0 amide bonds. The van der Waals surface area contributed by atoms with E-state index in [1.807, 2.05) is 69.3 Å². The van der Waals surface area contributed by atoms with Gasteiger partial charge in [0.15, 0.2) is 5.28 Å². The molecule has 2 aromatic rings. The highest BCUT2D eigenvalue weighted by Gasteiger charge is 2.72. The molecule has 1 saturated heterocycles. The summed E-state index contributed by atoms with van der Waals surface area (Å²) in [6.07, 6.45) is 0. The average Bonchev–Trinajstić information content (AvgIpc) is 3.25. The van der Waals surface area contributed by atoms with E-state index in [9.17, 15) is 4.57 Å². The van der Waals surface area contributed by atoms with Crippen LogP contribution >= 0.6 is 7.60 Å². The highest BCUT2D eigenvalue weighted by atomic mass is 31.2. The molecule has 4 nitrogen and oxygen atoms in total. The molecule has 2 aromatic carbocycles. The summed E-state index contributed by atoms with van der Waals surface area (Å²) in [5.74, 6) is 0. The minimum Gasteiger partial charge on any atom is -0.343 e. The maximum Gasteiger partial charge on any atom is 0.358 e. The lowest BCUT2D eigenvalue weighted by Crippen LogP contribution is -2.18. The van der Waals surface area contributed by atoms with E-state index >= 15 is 0 Å². The number of hydrogen-bond acceptors (Lipinski definition) is 4. The lowest BCUT2D eigenvalue weighted by atomic mass is 10.1. The summed E-state index contributed by atoms with van der Waals surface area (Å²) in [6, 6.07) is 20.1. The molecule has 0 bridgehead atoms. The van der Waals surface area contributed by atoms with E-state index in [-0.39, 0.29) is 6.04 Å². The van der Waals surface area contributed by atoms with Crippen LogP contribution in [0.2, 0.25) is 0 Å². The summed E-state index contributed by atoms with van der Waals surface area (Å²) >= 11 is 0. The third kappa shape index (κ3) is 2.69. The van der Waals surface area contributed by atoms with Crippen LogP contribution in [0, 0.1) is 0 Å². The second-order valence-electron chi connectivity index (χ2n) is 5.95. The fourth-order valence-corrected chi connectivity index (χ4v) is 5.68. The first-order valence-corrected chi connectivity index (χ1v) is 9.91. The Hall–Kier alpha value is -1.61. The highest BCUT2D eigenvalue weighted by molar-refractivity contribution is 7.56. The van der Waals surface area contributed by atoms with Crippen molar-refractivity contribution in [3.8, 4) is 0 Å². The molecule has 2 atom stereocenters. The van der Waals surface area contributed by atoms with Gasteiger partial charge < -0.3 is 13.9 Å². The van der Waals surface area contributed by atoms with E-state index in [0.717, 1.165) is 11.3 Å². The first-order valence-electron chi connectivity index (χ1n) is 8.37. The van der Waals surface area contributed by atoms with Crippen molar-refractivity contribution < 1.29 is 13.6 Å². The summed E-state index contributed by atoms with van der Waals surface area (Å²) in [5, 5.41) is -0.707. The zero-order chi connectivity index (χ0) is 17.2. The number of para-hydroxylation sites is 1. The molecule has 1 heterocycles. The number of anilines is 1. The molecule has 0 radical (unpaired) electrons. The summed E-state index contributed by atoms with van der Waals surface area (Å²) in [7, 11) is -3.31. The highest BCUT2D eigenvalue weighted by Crippen LogP contribution is 2.76. The molecule has 1 fully saturated rings. The van der Waals surface area contributed by atoms with Crippen LogP contribution in [0.1, 0.15) is 32.4 Å². The fourth-order valence-electron chi connectivity index (χ4n) is 3.40. The number of benzene rings is 2.